The number of hydrogen-bond donors (Lipinski definition) is 1. The lowest BCUT2D eigenvalue weighted by atomic mass is 10.2. The third kappa shape index (κ3) is 2.71. The Balaban J connectivity index is 2.02. The third-order valence-corrected chi connectivity index (χ3v) is 2.85. The minimum absolute atomic E-state index is 0.415. The van der Waals surface area contributed by atoms with Crippen LogP contribution in [0.1, 0.15) is 5.56 Å². The van der Waals surface area contributed by atoms with Crippen LogP contribution in [0.25, 0.3) is 0 Å². The van der Waals surface area contributed by atoms with Crippen molar-refractivity contribution in [3.8, 4) is 6.07 Å². The minimum atomic E-state index is -1.03. The maximum atomic E-state index is 11.8. The topological polar surface area (TPSA) is 111 Å². The summed E-state index contributed by atoms with van der Waals surface area (Å²) in [5.74, 6) is -2.62. The predicted octanol–water partition coefficient (Wildman–Crippen LogP) is -0.0826. The van der Waals surface area contributed by atoms with Crippen molar-refractivity contribution >= 4 is 29.4 Å². The number of nitriles is 1. The van der Waals surface area contributed by atoms with Crippen LogP contribution in [-0.4, -0.2) is 47.1 Å². The van der Waals surface area contributed by atoms with Gasteiger partial charge in [0, 0.05) is 12.7 Å². The van der Waals surface area contributed by atoms with Gasteiger partial charge in [-0.05, 0) is 24.3 Å². The highest BCUT2D eigenvalue weighted by Crippen LogP contribution is 2.11. The first-order chi connectivity index (χ1) is 9.93. The molecule has 0 radical (unpaired) electrons. The summed E-state index contributed by atoms with van der Waals surface area (Å²) in [5.41, 5.74) is 0.850. The lowest BCUT2D eigenvalue weighted by Gasteiger charge is -2.12. The van der Waals surface area contributed by atoms with Crippen LogP contribution in [0.2, 0.25) is 0 Å². The number of nitrogens with one attached hydrogen (secondary N) is 1. The largest absolute Gasteiger partial charge is 0.334 e. The minimum Gasteiger partial charge on any atom is -0.325 e. The van der Waals surface area contributed by atoms with Gasteiger partial charge in [0.15, 0.2) is 0 Å². The molecule has 106 valence electrons. The maximum Gasteiger partial charge on any atom is 0.334 e. The fourth-order valence-electron chi connectivity index (χ4n) is 1.73. The first kappa shape index (κ1) is 14.2. The van der Waals surface area contributed by atoms with E-state index in [1.165, 1.54) is 31.3 Å². The molecule has 0 aliphatic carbocycles. The number of amides is 5. The van der Waals surface area contributed by atoms with Crippen molar-refractivity contribution in [1.82, 2.24) is 9.80 Å². The summed E-state index contributed by atoms with van der Waals surface area (Å²) in [7, 11) is 1.17. The summed E-state index contributed by atoms with van der Waals surface area (Å²) in [6.07, 6.45) is 0. The number of anilines is 1. The van der Waals surface area contributed by atoms with E-state index >= 15 is 0 Å². The molecule has 0 bridgehead atoms. The highest BCUT2D eigenvalue weighted by molar-refractivity contribution is 6.44. The van der Waals surface area contributed by atoms with Crippen LogP contribution in [0.4, 0.5) is 10.5 Å². The second-order valence-electron chi connectivity index (χ2n) is 4.28. The zero-order chi connectivity index (χ0) is 15.6. The SMILES string of the molecule is CN1C(=O)C(=O)N(CC(=O)Nc2ccc(C#N)cc2)C1=O. The van der Waals surface area contributed by atoms with Gasteiger partial charge in [-0.1, -0.05) is 0 Å². The Hall–Kier alpha value is -3.21. The highest BCUT2D eigenvalue weighted by Gasteiger charge is 2.42. The Morgan fingerprint density at radius 3 is 2.29 bits per heavy atom. The van der Waals surface area contributed by atoms with Gasteiger partial charge in [0.1, 0.15) is 6.54 Å². The molecule has 5 amide bonds. The standard InChI is InChI=1S/C13H10N4O4/c1-16-11(19)12(20)17(13(16)21)7-10(18)15-9-4-2-8(6-14)3-5-9/h2-5H,7H2,1H3,(H,15,18). The van der Waals surface area contributed by atoms with Gasteiger partial charge < -0.3 is 5.32 Å². The van der Waals surface area contributed by atoms with Crippen molar-refractivity contribution in [1.29, 1.82) is 5.26 Å². The molecule has 0 spiro atoms. The molecule has 0 atom stereocenters. The van der Waals surface area contributed by atoms with Crippen molar-refractivity contribution < 1.29 is 19.2 Å². The van der Waals surface area contributed by atoms with Crippen LogP contribution in [0.15, 0.2) is 24.3 Å². The lowest BCUT2D eigenvalue weighted by molar-refractivity contribution is -0.143. The number of carbonyl (C=O) groups is 4. The van der Waals surface area contributed by atoms with Crippen molar-refractivity contribution in [2.24, 2.45) is 0 Å². The molecule has 2 rings (SSSR count). The Bertz CT molecular complexity index is 674. The summed E-state index contributed by atoms with van der Waals surface area (Å²) in [4.78, 5) is 47.4. The van der Waals surface area contributed by atoms with E-state index in [1.54, 1.807) is 0 Å². The quantitative estimate of drug-likeness (QED) is 0.617. The van der Waals surface area contributed by atoms with Crippen molar-refractivity contribution in [3.05, 3.63) is 29.8 Å². The van der Waals surface area contributed by atoms with E-state index in [4.69, 9.17) is 5.26 Å². The van der Waals surface area contributed by atoms with Gasteiger partial charge in [-0.2, -0.15) is 5.26 Å². The zero-order valence-corrected chi connectivity index (χ0v) is 11.0. The highest BCUT2D eigenvalue weighted by atomic mass is 16.2. The molecule has 21 heavy (non-hydrogen) atoms. The van der Waals surface area contributed by atoms with Crippen LogP contribution >= 0.6 is 0 Å². The van der Waals surface area contributed by atoms with Crippen LogP contribution in [0.5, 0.6) is 0 Å². The molecule has 1 heterocycles. The Kier molecular flexibility index (Phi) is 3.67. The second kappa shape index (κ2) is 5.42. The first-order valence-corrected chi connectivity index (χ1v) is 5.87. The first-order valence-electron chi connectivity index (χ1n) is 5.87. The smallest absolute Gasteiger partial charge is 0.325 e. The molecule has 0 aromatic heterocycles. The average molecular weight is 286 g/mol. The van der Waals surface area contributed by atoms with Gasteiger partial charge in [-0.15, -0.1) is 0 Å². The van der Waals surface area contributed by atoms with Gasteiger partial charge in [0.05, 0.1) is 11.6 Å². The van der Waals surface area contributed by atoms with E-state index in [9.17, 15) is 19.2 Å². The number of benzene rings is 1. The van der Waals surface area contributed by atoms with Gasteiger partial charge >= 0.3 is 17.8 Å². The molecule has 8 nitrogen and oxygen atoms in total. The molecule has 8 heteroatoms. The number of urea groups is 1. The Labute approximate surface area is 119 Å². The van der Waals surface area contributed by atoms with Crippen LogP contribution in [0.3, 0.4) is 0 Å². The number of imide groups is 2. The van der Waals surface area contributed by atoms with Crippen LogP contribution in [-0.2, 0) is 14.4 Å². The van der Waals surface area contributed by atoms with E-state index in [2.05, 4.69) is 5.32 Å². The monoisotopic (exact) mass is 286 g/mol. The zero-order valence-electron chi connectivity index (χ0n) is 11.0. The van der Waals surface area contributed by atoms with E-state index in [-0.39, 0.29) is 0 Å². The molecule has 1 aromatic carbocycles. The Morgan fingerprint density at radius 1 is 1.19 bits per heavy atom. The van der Waals surface area contributed by atoms with E-state index in [0.29, 0.717) is 21.1 Å². The normalized spacial score (nSPS) is 14.4. The molecule has 0 unspecified atom stereocenters. The molecule has 0 saturated carbocycles. The number of carbonyl (C=O) groups excluding carboxylic acids is 4. The van der Waals surface area contributed by atoms with Crippen LogP contribution in [0, 0.1) is 11.3 Å². The summed E-state index contributed by atoms with van der Waals surface area (Å²) in [6.45, 7) is -0.548. The molecular weight excluding hydrogens is 276 g/mol. The molecule has 1 aromatic rings. The molecular formula is C13H10N4O4. The number of rotatable bonds is 3. The van der Waals surface area contributed by atoms with Crippen molar-refractivity contribution in [2.75, 3.05) is 18.9 Å². The molecule has 1 N–H and O–H groups in total. The Morgan fingerprint density at radius 2 is 1.81 bits per heavy atom. The van der Waals surface area contributed by atoms with Crippen LogP contribution < -0.4 is 5.32 Å². The third-order valence-electron chi connectivity index (χ3n) is 2.85. The summed E-state index contributed by atoms with van der Waals surface area (Å²) < 4.78 is 0. The van der Waals surface area contributed by atoms with E-state index < -0.39 is 30.3 Å². The number of likely N-dealkylation sites (N-methyl/N-ethyl adjacent to an activating group) is 1. The molecule has 1 saturated heterocycles. The number of hydrogen-bond acceptors (Lipinski definition) is 5. The van der Waals surface area contributed by atoms with E-state index in [1.807, 2.05) is 6.07 Å². The lowest BCUT2D eigenvalue weighted by Crippen LogP contribution is -2.38. The fourth-order valence-corrected chi connectivity index (χ4v) is 1.73. The summed E-state index contributed by atoms with van der Waals surface area (Å²) in [5, 5.41) is 11.1. The van der Waals surface area contributed by atoms with Gasteiger partial charge in [0.2, 0.25) is 5.91 Å². The number of nitrogens with zero attached hydrogens (tertiary/aromatic N) is 3. The summed E-state index contributed by atoms with van der Waals surface area (Å²) >= 11 is 0. The van der Waals surface area contributed by atoms with Gasteiger partial charge in [-0.3, -0.25) is 19.3 Å². The van der Waals surface area contributed by atoms with Crippen molar-refractivity contribution in [3.63, 3.8) is 0 Å². The maximum absolute atomic E-state index is 11.8. The molecule has 1 aliphatic heterocycles. The second-order valence-corrected chi connectivity index (χ2v) is 4.28. The fraction of sp³-hybridized carbons (Fsp3) is 0.154. The summed E-state index contributed by atoms with van der Waals surface area (Å²) in [6, 6.07) is 7.16. The molecule has 1 aliphatic rings. The average Bonchev–Trinajstić information content (AvgIpc) is 2.66. The molecule has 1 fully saturated rings. The van der Waals surface area contributed by atoms with E-state index in [0.717, 1.165) is 0 Å². The van der Waals surface area contributed by atoms with Gasteiger partial charge in [0.25, 0.3) is 0 Å². The van der Waals surface area contributed by atoms with Gasteiger partial charge in [-0.25, -0.2) is 9.69 Å². The predicted molar refractivity (Wildman–Crippen MR) is 69.7 cm³/mol. The van der Waals surface area contributed by atoms with Crippen molar-refractivity contribution in [2.45, 2.75) is 0 Å².